The molecule has 1 saturated carbocycles. The molecule has 3 rings (SSSR count). The molecule has 1 aliphatic heterocycles. The minimum atomic E-state index is -0.818. The van der Waals surface area contributed by atoms with Crippen LogP contribution in [0.5, 0.6) is 0 Å². The minimum absolute atomic E-state index is 0.00360. The number of urea groups is 1. The third kappa shape index (κ3) is 2.89. The summed E-state index contributed by atoms with van der Waals surface area (Å²) in [5, 5.41) is 9.18. The minimum Gasteiger partial charge on any atom is -0.481 e. The van der Waals surface area contributed by atoms with Gasteiger partial charge in [-0.25, -0.2) is 4.79 Å². The van der Waals surface area contributed by atoms with Gasteiger partial charge in [0.1, 0.15) is 5.76 Å². The highest BCUT2D eigenvalue weighted by molar-refractivity contribution is 5.78. The molecule has 114 valence electrons. The second kappa shape index (κ2) is 5.42. The van der Waals surface area contributed by atoms with E-state index < -0.39 is 11.9 Å². The van der Waals surface area contributed by atoms with E-state index in [4.69, 9.17) is 4.42 Å². The summed E-state index contributed by atoms with van der Waals surface area (Å²) < 4.78 is 5.33. The summed E-state index contributed by atoms with van der Waals surface area (Å²) in [7, 11) is 0. The molecule has 1 aromatic heterocycles. The van der Waals surface area contributed by atoms with Crippen LogP contribution in [0.1, 0.15) is 25.5 Å². The first-order chi connectivity index (χ1) is 10.1. The molecule has 2 aliphatic rings. The first-order valence-corrected chi connectivity index (χ1v) is 7.37. The molecule has 0 spiro atoms. The first-order valence-electron chi connectivity index (χ1n) is 7.37. The van der Waals surface area contributed by atoms with Gasteiger partial charge in [-0.1, -0.05) is 6.92 Å². The van der Waals surface area contributed by atoms with Gasteiger partial charge in [0.05, 0.1) is 18.7 Å². The molecule has 1 aliphatic carbocycles. The van der Waals surface area contributed by atoms with Gasteiger partial charge in [-0.05, 0) is 30.9 Å². The highest BCUT2D eigenvalue weighted by atomic mass is 16.4. The lowest BCUT2D eigenvalue weighted by Gasteiger charge is -2.27. The van der Waals surface area contributed by atoms with Crippen LogP contribution in [-0.2, 0) is 11.3 Å². The van der Waals surface area contributed by atoms with Crippen LogP contribution >= 0.6 is 0 Å². The highest BCUT2D eigenvalue weighted by Gasteiger charge is 2.41. The lowest BCUT2D eigenvalue weighted by Crippen LogP contribution is -2.43. The third-order valence-electron chi connectivity index (χ3n) is 4.34. The SMILES string of the molecule is CC1CN(C(=O)N(Cc2ccco2)C2CC2)CC1C(=O)O. The maximum absolute atomic E-state index is 12.7. The molecule has 0 radical (unpaired) electrons. The van der Waals surface area contributed by atoms with Crippen LogP contribution in [0.25, 0.3) is 0 Å². The van der Waals surface area contributed by atoms with E-state index in [0.717, 1.165) is 18.6 Å². The van der Waals surface area contributed by atoms with Gasteiger partial charge in [0.2, 0.25) is 0 Å². The number of furan rings is 1. The number of likely N-dealkylation sites (tertiary alicyclic amines) is 1. The van der Waals surface area contributed by atoms with E-state index in [1.54, 1.807) is 11.2 Å². The number of nitrogens with zero attached hydrogens (tertiary/aromatic N) is 2. The second-order valence-electron chi connectivity index (χ2n) is 6.05. The number of carboxylic acid groups (broad SMARTS) is 1. The number of hydrogen-bond donors (Lipinski definition) is 1. The Hall–Kier alpha value is -1.98. The summed E-state index contributed by atoms with van der Waals surface area (Å²) >= 11 is 0. The standard InChI is InChI=1S/C15H20N2O4/c1-10-7-16(9-13(10)14(18)19)15(20)17(11-4-5-11)8-12-3-2-6-21-12/h2-3,6,10-11,13H,4-5,7-9H2,1H3,(H,18,19). The van der Waals surface area contributed by atoms with Crippen LogP contribution in [-0.4, -0.2) is 46.0 Å². The molecule has 2 heterocycles. The van der Waals surface area contributed by atoms with Crippen molar-refractivity contribution in [2.45, 2.75) is 32.4 Å². The lowest BCUT2D eigenvalue weighted by molar-refractivity contribution is -0.142. The summed E-state index contributed by atoms with van der Waals surface area (Å²) in [6, 6.07) is 3.87. The van der Waals surface area contributed by atoms with E-state index in [0.29, 0.717) is 19.6 Å². The van der Waals surface area contributed by atoms with Gasteiger partial charge < -0.3 is 19.3 Å². The monoisotopic (exact) mass is 292 g/mol. The zero-order valence-electron chi connectivity index (χ0n) is 12.1. The van der Waals surface area contributed by atoms with E-state index in [2.05, 4.69) is 0 Å². The van der Waals surface area contributed by atoms with Gasteiger partial charge in [-0.15, -0.1) is 0 Å². The van der Waals surface area contributed by atoms with Gasteiger partial charge in [0.15, 0.2) is 0 Å². The van der Waals surface area contributed by atoms with Gasteiger partial charge in [0, 0.05) is 19.1 Å². The molecule has 1 N–H and O–H groups in total. The second-order valence-corrected chi connectivity index (χ2v) is 6.05. The Labute approximate surface area is 123 Å². The Morgan fingerprint density at radius 3 is 2.71 bits per heavy atom. The number of amides is 2. The fraction of sp³-hybridized carbons (Fsp3) is 0.600. The molecule has 2 amide bonds. The molecule has 2 fully saturated rings. The number of carboxylic acids is 1. The van der Waals surface area contributed by atoms with Crippen LogP contribution in [0.2, 0.25) is 0 Å². The maximum Gasteiger partial charge on any atom is 0.320 e. The molecular formula is C15H20N2O4. The lowest BCUT2D eigenvalue weighted by atomic mass is 9.99. The zero-order valence-corrected chi connectivity index (χ0v) is 12.1. The van der Waals surface area contributed by atoms with Gasteiger partial charge in [-0.2, -0.15) is 0 Å². The van der Waals surface area contributed by atoms with E-state index >= 15 is 0 Å². The van der Waals surface area contributed by atoms with Crippen molar-refractivity contribution >= 4 is 12.0 Å². The summed E-state index contributed by atoms with van der Waals surface area (Å²) in [5.74, 6) is -0.520. The number of rotatable bonds is 4. The summed E-state index contributed by atoms with van der Waals surface area (Å²) in [6.45, 7) is 3.16. The average Bonchev–Trinajstić information content (AvgIpc) is 3.00. The summed E-state index contributed by atoms with van der Waals surface area (Å²) in [6.07, 6.45) is 3.62. The van der Waals surface area contributed by atoms with E-state index in [9.17, 15) is 14.7 Å². The Bertz CT molecular complexity index is 524. The van der Waals surface area contributed by atoms with E-state index in [1.165, 1.54) is 0 Å². The fourth-order valence-electron chi connectivity index (χ4n) is 2.94. The van der Waals surface area contributed by atoms with Crippen molar-refractivity contribution in [3.05, 3.63) is 24.2 Å². The van der Waals surface area contributed by atoms with Gasteiger partial charge in [0.25, 0.3) is 0 Å². The normalized spacial score (nSPS) is 25.1. The average molecular weight is 292 g/mol. The number of aliphatic carboxylic acids is 1. The van der Waals surface area contributed by atoms with E-state index in [1.807, 2.05) is 24.0 Å². The molecule has 6 nitrogen and oxygen atoms in total. The van der Waals surface area contributed by atoms with Crippen molar-refractivity contribution in [3.8, 4) is 0 Å². The van der Waals surface area contributed by atoms with Crippen LogP contribution < -0.4 is 0 Å². The molecule has 0 aromatic carbocycles. The first kappa shape index (κ1) is 14.0. The molecule has 2 atom stereocenters. The van der Waals surface area contributed by atoms with Crippen LogP contribution in [0, 0.1) is 11.8 Å². The Balaban J connectivity index is 1.69. The van der Waals surface area contributed by atoms with Crippen LogP contribution in [0.4, 0.5) is 4.79 Å². The van der Waals surface area contributed by atoms with Crippen LogP contribution in [0.3, 0.4) is 0 Å². The van der Waals surface area contributed by atoms with Crippen molar-refractivity contribution < 1.29 is 19.1 Å². The molecule has 6 heteroatoms. The van der Waals surface area contributed by atoms with Crippen molar-refractivity contribution in [1.29, 1.82) is 0 Å². The fourth-order valence-corrected chi connectivity index (χ4v) is 2.94. The van der Waals surface area contributed by atoms with Crippen molar-refractivity contribution in [2.24, 2.45) is 11.8 Å². The molecule has 21 heavy (non-hydrogen) atoms. The van der Waals surface area contributed by atoms with Crippen LogP contribution in [0.15, 0.2) is 22.8 Å². The Morgan fingerprint density at radius 1 is 1.43 bits per heavy atom. The molecule has 1 aromatic rings. The topological polar surface area (TPSA) is 74.0 Å². The smallest absolute Gasteiger partial charge is 0.320 e. The number of carbonyl (C=O) groups is 2. The molecule has 2 unspecified atom stereocenters. The van der Waals surface area contributed by atoms with Crippen molar-refractivity contribution in [2.75, 3.05) is 13.1 Å². The predicted octanol–water partition coefficient (Wildman–Crippen LogP) is 2.02. The Kier molecular flexibility index (Phi) is 3.61. The van der Waals surface area contributed by atoms with Crippen molar-refractivity contribution in [1.82, 2.24) is 9.80 Å². The zero-order chi connectivity index (χ0) is 15.0. The van der Waals surface area contributed by atoms with E-state index in [-0.39, 0.29) is 18.0 Å². The largest absolute Gasteiger partial charge is 0.481 e. The molecule has 1 saturated heterocycles. The summed E-state index contributed by atoms with van der Waals surface area (Å²) in [4.78, 5) is 27.4. The quantitative estimate of drug-likeness (QED) is 0.921. The van der Waals surface area contributed by atoms with Gasteiger partial charge >= 0.3 is 12.0 Å². The number of carbonyl (C=O) groups excluding carboxylic acids is 1. The van der Waals surface area contributed by atoms with Crippen molar-refractivity contribution in [3.63, 3.8) is 0 Å². The molecular weight excluding hydrogens is 272 g/mol. The molecule has 0 bridgehead atoms. The Morgan fingerprint density at radius 2 is 2.19 bits per heavy atom. The third-order valence-corrected chi connectivity index (χ3v) is 4.34. The summed E-state index contributed by atoms with van der Waals surface area (Å²) in [5.41, 5.74) is 0. The highest BCUT2D eigenvalue weighted by Crippen LogP contribution is 2.32. The predicted molar refractivity (Wildman–Crippen MR) is 74.5 cm³/mol. The maximum atomic E-state index is 12.7. The number of hydrogen-bond acceptors (Lipinski definition) is 3. The van der Waals surface area contributed by atoms with Gasteiger partial charge in [-0.3, -0.25) is 4.79 Å².